The summed E-state index contributed by atoms with van der Waals surface area (Å²) in [5.74, 6) is -1.25. The van der Waals surface area contributed by atoms with Crippen LogP contribution in [-0.4, -0.2) is 93.6 Å². The first-order valence-corrected chi connectivity index (χ1v) is 14.2. The van der Waals surface area contributed by atoms with Crippen LogP contribution in [0.5, 0.6) is 5.75 Å². The molecule has 0 radical (unpaired) electrons. The average molecular weight is 549 g/mol. The fourth-order valence-electron chi connectivity index (χ4n) is 5.96. The van der Waals surface area contributed by atoms with Crippen LogP contribution in [0.1, 0.15) is 48.7 Å². The van der Waals surface area contributed by atoms with Crippen molar-refractivity contribution in [2.75, 3.05) is 32.9 Å². The quantitative estimate of drug-likeness (QED) is 0.340. The second-order valence-electron chi connectivity index (χ2n) is 12.1. The number of rotatable bonds is 12. The lowest BCUT2D eigenvalue weighted by atomic mass is 9.48. The first kappa shape index (κ1) is 30.2. The minimum absolute atomic E-state index is 0.00210. The number of halogens is 2. The molecule has 2 heterocycles. The Kier molecular flexibility index (Phi) is 9.35. The highest BCUT2D eigenvalue weighted by Gasteiger charge is 2.39. The minimum atomic E-state index is -0.876. The van der Waals surface area contributed by atoms with Gasteiger partial charge in [-0.2, -0.15) is 0 Å². The molecule has 1 aliphatic rings. The van der Waals surface area contributed by atoms with Crippen molar-refractivity contribution in [3.8, 4) is 5.75 Å². The molecule has 0 saturated heterocycles. The van der Waals surface area contributed by atoms with E-state index in [2.05, 4.69) is 51.3 Å². The molecule has 40 heavy (non-hydrogen) atoms. The Morgan fingerprint density at radius 2 is 1.98 bits per heavy atom. The number of carbonyl (C=O) groups is 1. The lowest BCUT2D eigenvalue weighted by Gasteiger charge is -2.42. The van der Waals surface area contributed by atoms with Crippen molar-refractivity contribution in [2.45, 2.75) is 50.9 Å². The number of carboxylic acids is 1. The van der Waals surface area contributed by atoms with E-state index >= 15 is 4.39 Å². The fraction of sp³-hybridized carbons (Fsp3) is 0.483. The van der Waals surface area contributed by atoms with E-state index in [1.807, 2.05) is 25.1 Å². The molecule has 1 aromatic heterocycles. The van der Waals surface area contributed by atoms with Crippen LogP contribution in [0.4, 0.5) is 8.78 Å². The van der Waals surface area contributed by atoms with Crippen molar-refractivity contribution in [3.05, 3.63) is 64.6 Å². The van der Waals surface area contributed by atoms with E-state index in [9.17, 15) is 14.3 Å². The third-order valence-electron chi connectivity index (χ3n) is 8.24. The first-order valence-electron chi connectivity index (χ1n) is 14.2. The molecule has 0 aliphatic carbocycles. The summed E-state index contributed by atoms with van der Waals surface area (Å²) >= 11 is 0. The van der Waals surface area contributed by atoms with E-state index in [4.69, 9.17) is 4.74 Å². The number of nitrogens with zero attached hydrogens (tertiary/aromatic N) is 2. The van der Waals surface area contributed by atoms with Crippen LogP contribution in [0, 0.1) is 18.7 Å². The maximum Gasteiger partial charge on any atom is 0.307 e. The number of fused-ring (bicyclic) bond motifs is 3. The van der Waals surface area contributed by atoms with Gasteiger partial charge in [0.2, 0.25) is 0 Å². The van der Waals surface area contributed by atoms with Gasteiger partial charge in [0.1, 0.15) is 41.7 Å². The van der Waals surface area contributed by atoms with Crippen LogP contribution in [0.25, 0.3) is 10.9 Å². The van der Waals surface area contributed by atoms with Crippen LogP contribution in [0.2, 0.25) is 0 Å². The molecular formula is C29H40B3F2N3O3. The number of ether oxygens (including phenoxy) is 1. The molecule has 1 aliphatic heterocycles. The SMILES string of the molecule is BC(B)(B)N(CCCF)CCOc1ccc(F)c([C@@H]2c3[nH]c4ccccc4c3C[C@@H](C)N2C[C@H](C)C(=O)O)c1C. The van der Waals surface area contributed by atoms with Crippen molar-refractivity contribution in [3.63, 3.8) is 0 Å². The Balaban J connectivity index is 1.73. The van der Waals surface area contributed by atoms with Gasteiger partial charge in [0, 0.05) is 41.3 Å². The van der Waals surface area contributed by atoms with Gasteiger partial charge < -0.3 is 19.7 Å². The summed E-state index contributed by atoms with van der Waals surface area (Å²) in [6.45, 7) is 7.21. The van der Waals surface area contributed by atoms with Crippen LogP contribution in [0.15, 0.2) is 36.4 Å². The third kappa shape index (κ3) is 6.25. The molecule has 6 nitrogen and oxygen atoms in total. The summed E-state index contributed by atoms with van der Waals surface area (Å²) in [5.41, 5.74) is 4.23. The van der Waals surface area contributed by atoms with Crippen LogP contribution >= 0.6 is 0 Å². The molecule has 4 rings (SSSR count). The maximum atomic E-state index is 15.9. The molecule has 2 aromatic carbocycles. The lowest BCUT2D eigenvalue weighted by molar-refractivity contribution is -0.142. The molecule has 0 bridgehead atoms. The third-order valence-corrected chi connectivity index (χ3v) is 8.24. The summed E-state index contributed by atoms with van der Waals surface area (Å²) in [7, 11) is 6.30. The van der Waals surface area contributed by atoms with Crippen molar-refractivity contribution >= 4 is 40.4 Å². The number of aliphatic carboxylic acids is 1. The predicted octanol–water partition coefficient (Wildman–Crippen LogP) is 2.22. The van der Waals surface area contributed by atoms with Crippen molar-refractivity contribution < 1.29 is 23.4 Å². The van der Waals surface area contributed by atoms with Gasteiger partial charge in [0.25, 0.3) is 0 Å². The van der Waals surface area contributed by atoms with Crippen LogP contribution in [0.3, 0.4) is 0 Å². The van der Waals surface area contributed by atoms with Crippen LogP contribution < -0.4 is 4.74 Å². The molecule has 0 unspecified atom stereocenters. The van der Waals surface area contributed by atoms with E-state index in [1.54, 1.807) is 13.0 Å². The lowest BCUT2D eigenvalue weighted by Crippen LogP contribution is -2.52. The van der Waals surface area contributed by atoms with E-state index in [1.165, 1.54) is 6.07 Å². The standard InChI is InChI=1S/C29H40B3F2N3O3/c1-17(28(38)39)16-37-18(2)15-21-20-7-4-5-8-23(20)35-26(21)27(37)25-19(3)24(10-9-22(25)34)40-14-13-36(12-6-11-33)29(30,31)32/h4-5,7-10,17-18,27,35H,6,11-16,30-32H2,1-3H3,(H,38,39)/t17-,18+,27+/m0/s1. The normalized spacial score (nSPS) is 18.6. The summed E-state index contributed by atoms with van der Waals surface area (Å²) in [6.07, 6.45) is 1.20. The highest BCUT2D eigenvalue weighted by molar-refractivity contribution is 6.59. The van der Waals surface area contributed by atoms with Gasteiger partial charge in [-0.1, -0.05) is 30.4 Å². The summed E-state index contributed by atoms with van der Waals surface area (Å²) in [6, 6.07) is 10.7. The van der Waals surface area contributed by atoms with Crippen molar-refractivity contribution in [2.24, 2.45) is 5.92 Å². The summed E-state index contributed by atoms with van der Waals surface area (Å²) in [5, 5.41) is 10.7. The monoisotopic (exact) mass is 549 g/mol. The summed E-state index contributed by atoms with van der Waals surface area (Å²) < 4.78 is 34.9. The number of aromatic amines is 1. The number of carboxylic acid groups (broad SMARTS) is 1. The fourth-order valence-corrected chi connectivity index (χ4v) is 5.96. The zero-order chi connectivity index (χ0) is 29.2. The molecule has 0 spiro atoms. The number of nitrogens with one attached hydrogen (secondary N) is 1. The van der Waals surface area contributed by atoms with Gasteiger partial charge in [-0.05, 0) is 62.6 Å². The molecule has 11 heteroatoms. The number of aromatic nitrogens is 1. The minimum Gasteiger partial charge on any atom is -0.492 e. The molecule has 212 valence electrons. The molecule has 3 aromatic rings. The van der Waals surface area contributed by atoms with Gasteiger partial charge in [0.15, 0.2) is 0 Å². The van der Waals surface area contributed by atoms with Gasteiger partial charge in [-0.15, -0.1) is 0 Å². The van der Waals surface area contributed by atoms with Crippen molar-refractivity contribution in [1.29, 1.82) is 0 Å². The zero-order valence-corrected chi connectivity index (χ0v) is 24.6. The van der Waals surface area contributed by atoms with E-state index < -0.39 is 17.9 Å². The van der Waals surface area contributed by atoms with Gasteiger partial charge >= 0.3 is 5.97 Å². The zero-order valence-electron chi connectivity index (χ0n) is 24.6. The molecule has 3 atom stereocenters. The Hall–Kier alpha value is -2.78. The second kappa shape index (κ2) is 12.4. The number of hydrogen-bond donors (Lipinski definition) is 2. The van der Waals surface area contributed by atoms with Crippen LogP contribution in [-0.2, 0) is 11.2 Å². The predicted molar refractivity (Wildman–Crippen MR) is 164 cm³/mol. The topological polar surface area (TPSA) is 68.8 Å². The van der Waals surface area contributed by atoms with E-state index in [0.717, 1.165) is 28.6 Å². The number of H-pyrrole nitrogens is 1. The Morgan fingerprint density at radius 1 is 1.25 bits per heavy atom. The average Bonchev–Trinajstić information content (AvgIpc) is 3.26. The number of para-hydroxylation sites is 1. The van der Waals surface area contributed by atoms with Gasteiger partial charge in [-0.3, -0.25) is 14.1 Å². The number of alkyl halides is 1. The Bertz CT molecular complexity index is 1350. The van der Waals surface area contributed by atoms with E-state index in [0.29, 0.717) is 43.0 Å². The highest BCUT2D eigenvalue weighted by Crippen LogP contribution is 2.44. The summed E-state index contributed by atoms with van der Waals surface area (Å²) in [4.78, 5) is 19.7. The molecule has 2 N–H and O–H groups in total. The number of benzene rings is 2. The molecule has 0 fully saturated rings. The Labute approximate surface area is 238 Å². The highest BCUT2D eigenvalue weighted by atomic mass is 19.1. The molecule has 0 amide bonds. The largest absolute Gasteiger partial charge is 0.492 e. The van der Waals surface area contributed by atoms with Gasteiger partial charge in [0.05, 0.1) is 18.6 Å². The van der Waals surface area contributed by atoms with Gasteiger partial charge in [-0.25, -0.2) is 4.39 Å². The molecular weight excluding hydrogens is 509 g/mol. The maximum absolute atomic E-state index is 15.9. The number of hydrogen-bond acceptors (Lipinski definition) is 4. The smallest absolute Gasteiger partial charge is 0.307 e. The van der Waals surface area contributed by atoms with Crippen molar-refractivity contribution in [1.82, 2.24) is 14.8 Å². The first-order chi connectivity index (χ1) is 18.9. The second-order valence-corrected chi connectivity index (χ2v) is 12.1. The molecule has 0 saturated carbocycles. The van der Waals surface area contributed by atoms with E-state index in [-0.39, 0.29) is 30.3 Å². The Morgan fingerprint density at radius 3 is 2.65 bits per heavy atom.